The van der Waals surface area contributed by atoms with Crippen LogP contribution in [0.5, 0.6) is 11.5 Å². The van der Waals surface area contributed by atoms with Crippen molar-refractivity contribution < 1.29 is 19.2 Å². The molecular weight excluding hydrogens is 286 g/mol. The van der Waals surface area contributed by atoms with Crippen molar-refractivity contribution >= 4 is 12.0 Å². The summed E-state index contributed by atoms with van der Waals surface area (Å²) in [6, 6.07) is 11.1. The lowest BCUT2D eigenvalue weighted by Gasteiger charge is -2.12. The van der Waals surface area contributed by atoms with Crippen molar-refractivity contribution in [1.29, 1.82) is 0 Å². The highest BCUT2D eigenvalue weighted by Crippen LogP contribution is 2.29. The quantitative estimate of drug-likeness (QED) is 0.445. The Bertz CT molecular complexity index is 684. The third-order valence-electron chi connectivity index (χ3n) is 2.92. The van der Waals surface area contributed by atoms with Crippen LogP contribution in [0.3, 0.4) is 0 Å². The normalized spacial score (nSPS) is 10.0. The predicted octanol–water partition coefficient (Wildman–Crippen LogP) is 3.39. The molecule has 0 saturated carbocycles. The molecule has 6 heteroatoms. The average molecular weight is 301 g/mol. The highest BCUT2D eigenvalue weighted by atomic mass is 16.6. The van der Waals surface area contributed by atoms with Gasteiger partial charge in [0.15, 0.2) is 11.5 Å². The van der Waals surface area contributed by atoms with E-state index in [4.69, 9.17) is 9.47 Å². The second-order valence-electron chi connectivity index (χ2n) is 4.47. The zero-order valence-corrected chi connectivity index (χ0v) is 12.0. The predicted molar refractivity (Wildman–Crippen MR) is 80.4 cm³/mol. The number of rotatable bonds is 7. The summed E-state index contributed by atoms with van der Waals surface area (Å²) in [6.45, 7) is 2.44. The summed E-state index contributed by atoms with van der Waals surface area (Å²) in [5.41, 5.74) is 1.18. The van der Waals surface area contributed by atoms with Crippen LogP contribution in [0.4, 0.5) is 5.69 Å². The Kier molecular flexibility index (Phi) is 5.08. The molecular formula is C16H15NO5. The third kappa shape index (κ3) is 3.82. The van der Waals surface area contributed by atoms with E-state index in [1.54, 1.807) is 30.3 Å². The Morgan fingerprint density at radius 2 is 1.95 bits per heavy atom. The average Bonchev–Trinajstić information content (AvgIpc) is 2.54. The van der Waals surface area contributed by atoms with Gasteiger partial charge in [-0.3, -0.25) is 14.9 Å². The van der Waals surface area contributed by atoms with Gasteiger partial charge in [-0.1, -0.05) is 12.1 Å². The molecule has 0 bridgehead atoms. The van der Waals surface area contributed by atoms with Gasteiger partial charge in [0.25, 0.3) is 5.69 Å². The fourth-order valence-corrected chi connectivity index (χ4v) is 1.91. The fraction of sp³-hybridized carbons (Fsp3) is 0.188. The lowest BCUT2D eigenvalue weighted by atomic mass is 10.2. The van der Waals surface area contributed by atoms with E-state index in [9.17, 15) is 14.9 Å². The summed E-state index contributed by atoms with van der Waals surface area (Å²) in [6.07, 6.45) is 0.729. The minimum absolute atomic E-state index is 0.0161. The molecule has 0 aliphatic heterocycles. The molecule has 0 unspecified atom stereocenters. The molecule has 0 atom stereocenters. The second-order valence-corrected chi connectivity index (χ2v) is 4.47. The maximum atomic E-state index is 10.8. The van der Waals surface area contributed by atoms with Crippen molar-refractivity contribution in [2.75, 3.05) is 6.61 Å². The van der Waals surface area contributed by atoms with E-state index in [0.29, 0.717) is 29.2 Å². The van der Waals surface area contributed by atoms with Gasteiger partial charge in [-0.15, -0.1) is 0 Å². The van der Waals surface area contributed by atoms with Crippen molar-refractivity contribution in [1.82, 2.24) is 0 Å². The first kappa shape index (κ1) is 15.5. The second kappa shape index (κ2) is 7.21. The van der Waals surface area contributed by atoms with Gasteiger partial charge in [0, 0.05) is 17.7 Å². The van der Waals surface area contributed by atoms with Crippen molar-refractivity contribution in [3.63, 3.8) is 0 Å². The summed E-state index contributed by atoms with van der Waals surface area (Å²) in [5.74, 6) is 0.955. The molecule has 2 rings (SSSR count). The lowest BCUT2D eigenvalue weighted by molar-refractivity contribution is -0.384. The van der Waals surface area contributed by atoms with E-state index in [2.05, 4.69) is 0 Å². The van der Waals surface area contributed by atoms with Crippen molar-refractivity contribution in [3.8, 4) is 11.5 Å². The Morgan fingerprint density at radius 3 is 2.64 bits per heavy atom. The maximum absolute atomic E-state index is 10.8. The van der Waals surface area contributed by atoms with E-state index < -0.39 is 4.92 Å². The Hall–Kier alpha value is -2.89. The van der Waals surface area contributed by atoms with Crippen LogP contribution in [0.15, 0.2) is 42.5 Å². The SMILES string of the molecule is CCOc1cc(C=O)ccc1OCc1cccc([N+](=O)[O-])c1. The Balaban J connectivity index is 2.15. The summed E-state index contributed by atoms with van der Waals surface area (Å²) >= 11 is 0. The van der Waals surface area contributed by atoms with Crippen LogP contribution in [0.25, 0.3) is 0 Å². The van der Waals surface area contributed by atoms with Crippen molar-refractivity contribution in [2.45, 2.75) is 13.5 Å². The number of carbonyl (C=O) groups excluding carboxylic acids is 1. The van der Waals surface area contributed by atoms with Crippen molar-refractivity contribution in [2.24, 2.45) is 0 Å². The molecule has 0 aromatic heterocycles. The molecule has 0 radical (unpaired) electrons. The number of nitrogens with zero attached hydrogens (tertiary/aromatic N) is 1. The highest BCUT2D eigenvalue weighted by Gasteiger charge is 2.09. The molecule has 2 aromatic carbocycles. The van der Waals surface area contributed by atoms with Crippen LogP contribution in [0.1, 0.15) is 22.8 Å². The number of benzene rings is 2. The van der Waals surface area contributed by atoms with Crippen molar-refractivity contribution in [3.05, 3.63) is 63.7 Å². The molecule has 2 aromatic rings. The van der Waals surface area contributed by atoms with Crippen LogP contribution >= 0.6 is 0 Å². The van der Waals surface area contributed by atoms with Crippen LogP contribution in [-0.4, -0.2) is 17.8 Å². The van der Waals surface area contributed by atoms with Crippen LogP contribution in [0.2, 0.25) is 0 Å². The number of nitro benzene ring substituents is 1. The number of aldehydes is 1. The van der Waals surface area contributed by atoms with E-state index >= 15 is 0 Å². The molecule has 0 aliphatic rings. The van der Waals surface area contributed by atoms with Crippen LogP contribution < -0.4 is 9.47 Å². The first-order valence-electron chi connectivity index (χ1n) is 6.72. The van der Waals surface area contributed by atoms with Gasteiger partial charge in [0.1, 0.15) is 12.9 Å². The summed E-state index contributed by atoms with van der Waals surface area (Å²) < 4.78 is 11.1. The third-order valence-corrected chi connectivity index (χ3v) is 2.92. The molecule has 0 spiro atoms. The number of non-ortho nitro benzene ring substituents is 1. The molecule has 0 heterocycles. The van der Waals surface area contributed by atoms with E-state index in [1.165, 1.54) is 12.1 Å². The standard InChI is InChI=1S/C16H15NO5/c1-2-21-16-9-12(10-18)6-7-15(16)22-11-13-4-3-5-14(8-13)17(19)20/h3-10H,2,11H2,1H3. The molecule has 0 saturated heterocycles. The zero-order valence-electron chi connectivity index (χ0n) is 12.0. The number of carbonyl (C=O) groups is 1. The van der Waals surface area contributed by atoms with E-state index in [0.717, 1.165) is 6.29 Å². The summed E-state index contributed by atoms with van der Waals surface area (Å²) in [4.78, 5) is 21.1. The maximum Gasteiger partial charge on any atom is 0.269 e. The van der Waals surface area contributed by atoms with Crippen LogP contribution in [-0.2, 0) is 6.61 Å². The molecule has 0 aliphatic carbocycles. The monoisotopic (exact) mass is 301 g/mol. The number of hydrogen-bond acceptors (Lipinski definition) is 5. The van der Waals surface area contributed by atoms with Gasteiger partial charge in [-0.2, -0.15) is 0 Å². The molecule has 0 amide bonds. The Morgan fingerprint density at radius 1 is 1.14 bits per heavy atom. The van der Waals surface area contributed by atoms with Gasteiger partial charge in [0.05, 0.1) is 11.5 Å². The number of hydrogen-bond donors (Lipinski definition) is 0. The first-order chi connectivity index (χ1) is 10.6. The topological polar surface area (TPSA) is 78.7 Å². The fourth-order valence-electron chi connectivity index (χ4n) is 1.91. The van der Waals surface area contributed by atoms with Gasteiger partial charge in [-0.05, 0) is 30.7 Å². The van der Waals surface area contributed by atoms with Gasteiger partial charge >= 0.3 is 0 Å². The van der Waals surface area contributed by atoms with Gasteiger partial charge in [-0.25, -0.2) is 0 Å². The van der Waals surface area contributed by atoms with Crippen LogP contribution in [0, 0.1) is 10.1 Å². The zero-order chi connectivity index (χ0) is 15.9. The molecule has 22 heavy (non-hydrogen) atoms. The minimum Gasteiger partial charge on any atom is -0.490 e. The smallest absolute Gasteiger partial charge is 0.269 e. The molecule has 6 nitrogen and oxygen atoms in total. The largest absolute Gasteiger partial charge is 0.490 e. The number of nitro groups is 1. The lowest BCUT2D eigenvalue weighted by Crippen LogP contribution is -2.01. The molecule has 0 fully saturated rings. The van der Waals surface area contributed by atoms with Gasteiger partial charge < -0.3 is 9.47 Å². The highest BCUT2D eigenvalue weighted by molar-refractivity contribution is 5.76. The first-order valence-corrected chi connectivity index (χ1v) is 6.72. The molecule has 114 valence electrons. The Labute approximate surface area is 127 Å². The van der Waals surface area contributed by atoms with E-state index in [-0.39, 0.29) is 12.3 Å². The van der Waals surface area contributed by atoms with E-state index in [1.807, 2.05) is 6.92 Å². The number of ether oxygens (including phenoxy) is 2. The minimum atomic E-state index is -0.450. The summed E-state index contributed by atoms with van der Waals surface area (Å²) in [7, 11) is 0. The van der Waals surface area contributed by atoms with Gasteiger partial charge in [0.2, 0.25) is 0 Å². The molecule has 0 N–H and O–H groups in total. The summed E-state index contributed by atoms with van der Waals surface area (Å²) in [5, 5.41) is 10.7.